The summed E-state index contributed by atoms with van der Waals surface area (Å²) in [5.74, 6) is -3.28. The van der Waals surface area contributed by atoms with E-state index in [0.29, 0.717) is 5.56 Å². The summed E-state index contributed by atoms with van der Waals surface area (Å²) in [6.07, 6.45) is 2.81. The Morgan fingerprint density at radius 1 is 1.32 bits per heavy atom. The lowest BCUT2D eigenvalue weighted by Crippen LogP contribution is -2.45. The van der Waals surface area contributed by atoms with Crippen molar-refractivity contribution in [1.29, 1.82) is 0 Å². The number of carbonyl (C=O) groups excluding carboxylic acids is 1. The van der Waals surface area contributed by atoms with E-state index in [1.165, 1.54) is 24.1 Å². The van der Waals surface area contributed by atoms with Crippen LogP contribution in [-0.2, 0) is 4.79 Å². The van der Waals surface area contributed by atoms with Gasteiger partial charge in [0.25, 0.3) is 5.91 Å². The van der Waals surface area contributed by atoms with Crippen LogP contribution in [0.5, 0.6) is 0 Å². The zero-order valence-corrected chi connectivity index (χ0v) is 13.7. The van der Waals surface area contributed by atoms with Crippen molar-refractivity contribution in [3.8, 4) is 5.69 Å². The van der Waals surface area contributed by atoms with Gasteiger partial charge in [-0.25, -0.2) is 18.3 Å². The molecule has 1 fully saturated rings. The largest absolute Gasteiger partial charge is 0.480 e. The molecule has 132 valence electrons. The van der Waals surface area contributed by atoms with Gasteiger partial charge in [0.05, 0.1) is 0 Å². The molecule has 1 aromatic carbocycles. The fourth-order valence-corrected chi connectivity index (χ4v) is 2.75. The molecule has 0 bridgehead atoms. The molecule has 3 rings (SSSR count). The lowest BCUT2D eigenvalue weighted by atomic mass is 10.2. The standard InChI is InChI=1S/C17H17F2N3O3/c1-9-8-21(15-12(18)4-3-5-13(15)19)20-14(9)16(23)22(11-6-7-11)10(2)17(24)25/h3-5,8,10-11H,6-7H2,1-2H3,(H,24,25). The first kappa shape index (κ1) is 17.1. The van der Waals surface area contributed by atoms with Gasteiger partial charge < -0.3 is 10.0 Å². The molecule has 0 spiro atoms. The Balaban J connectivity index is 1.99. The van der Waals surface area contributed by atoms with Gasteiger partial charge in [-0.2, -0.15) is 5.10 Å². The molecule has 1 heterocycles. The van der Waals surface area contributed by atoms with E-state index in [9.17, 15) is 23.5 Å². The second kappa shape index (κ2) is 6.27. The Morgan fingerprint density at radius 2 is 1.92 bits per heavy atom. The topological polar surface area (TPSA) is 75.4 Å². The normalized spacial score (nSPS) is 15.0. The van der Waals surface area contributed by atoms with Crippen LogP contribution < -0.4 is 0 Å². The van der Waals surface area contributed by atoms with Gasteiger partial charge in [0.2, 0.25) is 0 Å². The van der Waals surface area contributed by atoms with Crippen molar-refractivity contribution in [2.24, 2.45) is 0 Å². The maximum Gasteiger partial charge on any atom is 0.326 e. The van der Waals surface area contributed by atoms with Crippen LogP contribution in [0.3, 0.4) is 0 Å². The molecular weight excluding hydrogens is 332 g/mol. The summed E-state index contributed by atoms with van der Waals surface area (Å²) < 4.78 is 28.8. The Kier molecular flexibility index (Phi) is 4.28. The SMILES string of the molecule is Cc1cn(-c2c(F)cccc2F)nc1C(=O)N(C1CC1)C(C)C(=O)O. The number of halogens is 2. The number of aryl methyl sites for hydroxylation is 1. The van der Waals surface area contributed by atoms with Gasteiger partial charge in [0.15, 0.2) is 17.3 Å². The number of aliphatic carboxylic acids is 1. The lowest BCUT2D eigenvalue weighted by Gasteiger charge is -2.25. The second-order valence-electron chi connectivity index (χ2n) is 6.13. The van der Waals surface area contributed by atoms with Crippen LogP contribution in [0.25, 0.3) is 5.69 Å². The third kappa shape index (κ3) is 3.11. The number of aromatic nitrogens is 2. The number of hydrogen-bond donors (Lipinski definition) is 1. The molecule has 1 N–H and O–H groups in total. The van der Waals surface area contributed by atoms with Crippen LogP contribution in [0.2, 0.25) is 0 Å². The van der Waals surface area contributed by atoms with Gasteiger partial charge >= 0.3 is 5.97 Å². The van der Waals surface area contributed by atoms with Crippen molar-refractivity contribution < 1.29 is 23.5 Å². The molecule has 8 heteroatoms. The molecule has 6 nitrogen and oxygen atoms in total. The number of amides is 1. The van der Waals surface area contributed by atoms with E-state index >= 15 is 0 Å². The first-order valence-corrected chi connectivity index (χ1v) is 7.87. The quantitative estimate of drug-likeness (QED) is 0.900. The first-order valence-electron chi connectivity index (χ1n) is 7.87. The van der Waals surface area contributed by atoms with E-state index in [-0.39, 0.29) is 17.4 Å². The number of rotatable bonds is 5. The first-order chi connectivity index (χ1) is 11.8. The highest BCUT2D eigenvalue weighted by atomic mass is 19.1. The smallest absolute Gasteiger partial charge is 0.326 e. The summed E-state index contributed by atoms with van der Waals surface area (Å²) in [6, 6.07) is 2.28. The number of carboxylic acids is 1. The number of para-hydroxylation sites is 1. The van der Waals surface area contributed by atoms with Crippen LogP contribution in [0.1, 0.15) is 35.8 Å². The fourth-order valence-electron chi connectivity index (χ4n) is 2.75. The van der Waals surface area contributed by atoms with Gasteiger partial charge in [0, 0.05) is 17.8 Å². The van der Waals surface area contributed by atoms with Crippen LogP contribution in [-0.4, -0.2) is 43.7 Å². The van der Waals surface area contributed by atoms with Crippen molar-refractivity contribution in [1.82, 2.24) is 14.7 Å². The Morgan fingerprint density at radius 3 is 2.44 bits per heavy atom. The van der Waals surface area contributed by atoms with Crippen LogP contribution in [0, 0.1) is 18.6 Å². The number of hydrogen-bond acceptors (Lipinski definition) is 3. The zero-order chi connectivity index (χ0) is 18.3. The molecule has 1 saturated carbocycles. The monoisotopic (exact) mass is 349 g/mol. The highest BCUT2D eigenvalue weighted by molar-refractivity contribution is 5.96. The van der Waals surface area contributed by atoms with Crippen LogP contribution >= 0.6 is 0 Å². The molecule has 1 aliphatic carbocycles. The van der Waals surface area contributed by atoms with Crippen molar-refractivity contribution in [2.45, 2.75) is 38.8 Å². The summed E-state index contributed by atoms with van der Waals surface area (Å²) in [4.78, 5) is 25.4. The van der Waals surface area contributed by atoms with E-state index < -0.39 is 29.6 Å². The van der Waals surface area contributed by atoms with E-state index in [4.69, 9.17) is 0 Å². The Hall–Kier alpha value is -2.77. The minimum atomic E-state index is -1.11. The van der Waals surface area contributed by atoms with Gasteiger partial charge in [0.1, 0.15) is 11.7 Å². The summed E-state index contributed by atoms with van der Waals surface area (Å²) in [5, 5.41) is 13.3. The summed E-state index contributed by atoms with van der Waals surface area (Å²) in [6.45, 7) is 3.02. The molecule has 1 aromatic heterocycles. The number of carboxylic acid groups (broad SMARTS) is 1. The predicted octanol–water partition coefficient (Wildman–Crippen LogP) is 2.54. The van der Waals surface area contributed by atoms with Crippen molar-refractivity contribution >= 4 is 11.9 Å². The number of benzene rings is 1. The molecule has 0 radical (unpaired) electrons. The minimum absolute atomic E-state index is 0.0114. The molecule has 0 aliphatic heterocycles. The van der Waals surface area contributed by atoms with Crippen LogP contribution in [0.15, 0.2) is 24.4 Å². The van der Waals surface area contributed by atoms with Gasteiger partial charge in [-0.15, -0.1) is 0 Å². The number of nitrogens with zero attached hydrogens (tertiary/aromatic N) is 3. The molecular formula is C17H17F2N3O3. The molecule has 1 amide bonds. The maximum absolute atomic E-state index is 13.9. The highest BCUT2D eigenvalue weighted by Gasteiger charge is 2.40. The van der Waals surface area contributed by atoms with Crippen molar-refractivity contribution in [2.75, 3.05) is 0 Å². The molecule has 2 aromatic rings. The Bertz CT molecular complexity index is 825. The van der Waals surface area contributed by atoms with Gasteiger partial charge in [-0.05, 0) is 38.8 Å². The summed E-state index contributed by atoms with van der Waals surface area (Å²) in [7, 11) is 0. The fraction of sp³-hybridized carbons (Fsp3) is 0.353. The van der Waals surface area contributed by atoms with E-state index in [2.05, 4.69) is 5.10 Å². The molecule has 25 heavy (non-hydrogen) atoms. The van der Waals surface area contributed by atoms with Crippen molar-refractivity contribution in [3.05, 3.63) is 47.3 Å². The molecule has 0 saturated heterocycles. The third-order valence-corrected chi connectivity index (χ3v) is 4.22. The van der Waals surface area contributed by atoms with Crippen molar-refractivity contribution in [3.63, 3.8) is 0 Å². The maximum atomic E-state index is 13.9. The van der Waals surface area contributed by atoms with Crippen LogP contribution in [0.4, 0.5) is 8.78 Å². The Labute approximate surface area is 142 Å². The average molecular weight is 349 g/mol. The van der Waals surface area contributed by atoms with E-state index in [1.54, 1.807) is 6.92 Å². The molecule has 1 aliphatic rings. The number of carbonyl (C=O) groups is 2. The summed E-state index contributed by atoms with van der Waals surface area (Å²) in [5.41, 5.74) is 0.0208. The second-order valence-corrected chi connectivity index (χ2v) is 6.13. The predicted molar refractivity (Wildman–Crippen MR) is 84.5 cm³/mol. The van der Waals surface area contributed by atoms with E-state index in [1.807, 2.05) is 0 Å². The third-order valence-electron chi connectivity index (χ3n) is 4.22. The molecule has 1 atom stereocenters. The highest BCUT2D eigenvalue weighted by Crippen LogP contribution is 2.31. The molecule has 1 unspecified atom stereocenters. The minimum Gasteiger partial charge on any atom is -0.480 e. The zero-order valence-electron chi connectivity index (χ0n) is 13.7. The van der Waals surface area contributed by atoms with Gasteiger partial charge in [-0.3, -0.25) is 4.79 Å². The lowest BCUT2D eigenvalue weighted by molar-refractivity contribution is -0.141. The van der Waals surface area contributed by atoms with E-state index in [0.717, 1.165) is 29.7 Å². The van der Waals surface area contributed by atoms with Gasteiger partial charge in [-0.1, -0.05) is 6.07 Å². The summed E-state index contributed by atoms with van der Waals surface area (Å²) >= 11 is 0. The average Bonchev–Trinajstić information content (AvgIpc) is 3.29.